The van der Waals surface area contributed by atoms with Gasteiger partial charge in [-0.15, -0.1) is 0 Å². The van der Waals surface area contributed by atoms with Crippen LogP contribution >= 0.6 is 0 Å². The Kier molecular flexibility index (Phi) is 5.07. The van der Waals surface area contributed by atoms with Gasteiger partial charge in [-0.2, -0.15) is 0 Å². The number of carbonyl (C=O) groups excluding carboxylic acids is 1. The summed E-state index contributed by atoms with van der Waals surface area (Å²) < 4.78 is 0. The molecule has 1 rings (SSSR count). The minimum atomic E-state index is -0.407. The molecule has 0 heterocycles. The summed E-state index contributed by atoms with van der Waals surface area (Å²) in [6, 6.07) is 4.82. The normalized spacial score (nSPS) is 11.0. The predicted octanol–water partition coefficient (Wildman–Crippen LogP) is 2.62. The fraction of sp³-hybridized carbons (Fsp3) is 0.500. The van der Waals surface area contributed by atoms with Crippen molar-refractivity contribution in [2.75, 3.05) is 11.9 Å². The number of anilines is 1. The molecule has 0 unspecified atom stereocenters. The van der Waals surface area contributed by atoms with Gasteiger partial charge in [-0.1, -0.05) is 0 Å². The van der Waals surface area contributed by atoms with Crippen LogP contribution in [0.15, 0.2) is 18.2 Å². The van der Waals surface area contributed by atoms with E-state index in [4.69, 9.17) is 0 Å². The van der Waals surface area contributed by atoms with E-state index in [1.165, 1.54) is 6.07 Å². The maximum atomic E-state index is 11.6. The van der Waals surface area contributed by atoms with Crippen LogP contribution in [-0.4, -0.2) is 22.9 Å². The third-order valence-corrected chi connectivity index (χ3v) is 2.59. The molecule has 1 aromatic rings. The Balaban J connectivity index is 2.49. The molecule has 2 N–H and O–H groups in total. The average molecular weight is 279 g/mol. The standard InChI is InChI=1S/C14H21N3O3/c1-10-9-11(5-6-12(10)17(19)20)15-8-7-13(18)16-14(2,3)4/h5-6,9,15H,7-8H2,1-4H3,(H,16,18). The summed E-state index contributed by atoms with van der Waals surface area (Å²) in [6.07, 6.45) is 0.354. The second-order valence-electron chi connectivity index (χ2n) is 5.73. The molecule has 0 fully saturated rings. The summed E-state index contributed by atoms with van der Waals surface area (Å²) in [5.74, 6) is -0.0244. The van der Waals surface area contributed by atoms with Crippen LogP contribution in [-0.2, 0) is 4.79 Å². The van der Waals surface area contributed by atoms with Gasteiger partial charge in [-0.05, 0) is 39.8 Å². The summed E-state index contributed by atoms with van der Waals surface area (Å²) in [5, 5.41) is 16.7. The summed E-state index contributed by atoms with van der Waals surface area (Å²) >= 11 is 0. The zero-order valence-electron chi connectivity index (χ0n) is 12.3. The number of nitro groups is 1. The number of nitrogens with zero attached hydrogens (tertiary/aromatic N) is 1. The van der Waals surface area contributed by atoms with E-state index in [9.17, 15) is 14.9 Å². The molecule has 0 aromatic heterocycles. The number of carbonyl (C=O) groups is 1. The van der Waals surface area contributed by atoms with Crippen molar-refractivity contribution in [1.82, 2.24) is 5.32 Å². The third-order valence-electron chi connectivity index (χ3n) is 2.59. The predicted molar refractivity (Wildman–Crippen MR) is 78.8 cm³/mol. The third kappa shape index (κ3) is 5.26. The van der Waals surface area contributed by atoms with Crippen molar-refractivity contribution in [3.05, 3.63) is 33.9 Å². The van der Waals surface area contributed by atoms with Crippen LogP contribution < -0.4 is 10.6 Å². The maximum absolute atomic E-state index is 11.6. The fourth-order valence-corrected chi connectivity index (χ4v) is 1.77. The molecule has 0 aliphatic heterocycles. The monoisotopic (exact) mass is 279 g/mol. The molecule has 0 saturated carbocycles. The highest BCUT2D eigenvalue weighted by atomic mass is 16.6. The minimum absolute atomic E-state index is 0.0244. The van der Waals surface area contributed by atoms with Gasteiger partial charge in [0.05, 0.1) is 4.92 Å². The fourth-order valence-electron chi connectivity index (χ4n) is 1.77. The average Bonchev–Trinajstić information content (AvgIpc) is 2.25. The van der Waals surface area contributed by atoms with E-state index in [0.717, 1.165) is 5.69 Å². The van der Waals surface area contributed by atoms with Gasteiger partial charge in [0.25, 0.3) is 5.69 Å². The molecular formula is C14H21N3O3. The van der Waals surface area contributed by atoms with Crippen LogP contribution in [0.1, 0.15) is 32.8 Å². The van der Waals surface area contributed by atoms with Gasteiger partial charge in [0.1, 0.15) is 0 Å². The molecule has 0 radical (unpaired) electrons. The molecule has 0 bridgehead atoms. The Labute approximate surface area is 118 Å². The molecule has 6 nitrogen and oxygen atoms in total. The van der Waals surface area contributed by atoms with Crippen molar-refractivity contribution in [2.24, 2.45) is 0 Å². The van der Waals surface area contributed by atoms with E-state index in [1.54, 1.807) is 19.1 Å². The highest BCUT2D eigenvalue weighted by Gasteiger charge is 2.13. The van der Waals surface area contributed by atoms with Crippen LogP contribution in [0.5, 0.6) is 0 Å². The second kappa shape index (κ2) is 6.36. The largest absolute Gasteiger partial charge is 0.385 e. The lowest BCUT2D eigenvalue weighted by Gasteiger charge is -2.20. The van der Waals surface area contributed by atoms with E-state index < -0.39 is 4.92 Å². The Morgan fingerprint density at radius 3 is 2.50 bits per heavy atom. The molecule has 0 aliphatic rings. The van der Waals surface area contributed by atoms with E-state index in [0.29, 0.717) is 18.5 Å². The van der Waals surface area contributed by atoms with Crippen LogP contribution in [0, 0.1) is 17.0 Å². The molecule has 0 spiro atoms. The van der Waals surface area contributed by atoms with Crippen LogP contribution in [0.3, 0.4) is 0 Å². The molecule has 1 aromatic carbocycles. The van der Waals surface area contributed by atoms with Gasteiger partial charge in [0.2, 0.25) is 5.91 Å². The first kappa shape index (κ1) is 15.9. The van der Waals surface area contributed by atoms with Crippen LogP contribution in [0.4, 0.5) is 11.4 Å². The molecule has 0 saturated heterocycles. The van der Waals surface area contributed by atoms with Crippen molar-refractivity contribution in [3.8, 4) is 0 Å². The van der Waals surface area contributed by atoms with E-state index >= 15 is 0 Å². The summed E-state index contributed by atoms with van der Waals surface area (Å²) in [4.78, 5) is 21.9. The van der Waals surface area contributed by atoms with Crippen molar-refractivity contribution >= 4 is 17.3 Å². The van der Waals surface area contributed by atoms with Gasteiger partial charge in [0, 0.05) is 35.8 Å². The Bertz CT molecular complexity index is 507. The lowest BCUT2D eigenvalue weighted by molar-refractivity contribution is -0.385. The Morgan fingerprint density at radius 1 is 1.35 bits per heavy atom. The van der Waals surface area contributed by atoms with Gasteiger partial charge < -0.3 is 10.6 Å². The quantitative estimate of drug-likeness (QED) is 0.641. The highest BCUT2D eigenvalue weighted by Crippen LogP contribution is 2.21. The van der Waals surface area contributed by atoms with E-state index in [-0.39, 0.29) is 17.1 Å². The number of aryl methyl sites for hydroxylation is 1. The zero-order valence-corrected chi connectivity index (χ0v) is 12.3. The first-order chi connectivity index (χ1) is 9.19. The number of amides is 1. The number of nitrogens with one attached hydrogen (secondary N) is 2. The van der Waals surface area contributed by atoms with Gasteiger partial charge in [0.15, 0.2) is 0 Å². The van der Waals surface area contributed by atoms with Gasteiger partial charge in [-0.3, -0.25) is 14.9 Å². The number of hydrogen-bond acceptors (Lipinski definition) is 4. The van der Waals surface area contributed by atoms with Crippen molar-refractivity contribution in [1.29, 1.82) is 0 Å². The lowest BCUT2D eigenvalue weighted by atomic mass is 10.1. The second-order valence-corrected chi connectivity index (χ2v) is 5.73. The smallest absolute Gasteiger partial charge is 0.272 e. The van der Waals surface area contributed by atoms with Crippen molar-refractivity contribution < 1.29 is 9.72 Å². The summed E-state index contributed by atoms with van der Waals surface area (Å²) in [7, 11) is 0. The molecule has 1 amide bonds. The van der Waals surface area contributed by atoms with Gasteiger partial charge >= 0.3 is 0 Å². The molecule has 110 valence electrons. The maximum Gasteiger partial charge on any atom is 0.272 e. The topological polar surface area (TPSA) is 84.3 Å². The molecule has 20 heavy (non-hydrogen) atoms. The summed E-state index contributed by atoms with van der Waals surface area (Å²) in [5.41, 5.74) is 1.23. The Hall–Kier alpha value is -2.11. The first-order valence-electron chi connectivity index (χ1n) is 6.49. The number of nitro benzene ring substituents is 1. The van der Waals surface area contributed by atoms with E-state index in [2.05, 4.69) is 10.6 Å². The van der Waals surface area contributed by atoms with Crippen LogP contribution in [0.25, 0.3) is 0 Å². The van der Waals surface area contributed by atoms with Gasteiger partial charge in [-0.25, -0.2) is 0 Å². The number of rotatable bonds is 5. The van der Waals surface area contributed by atoms with E-state index in [1.807, 2.05) is 20.8 Å². The summed E-state index contributed by atoms with van der Waals surface area (Å²) in [6.45, 7) is 7.96. The molecule has 6 heteroatoms. The molecular weight excluding hydrogens is 258 g/mol. The van der Waals surface area contributed by atoms with Crippen molar-refractivity contribution in [3.63, 3.8) is 0 Å². The number of hydrogen-bond donors (Lipinski definition) is 2. The zero-order chi connectivity index (χ0) is 15.3. The highest BCUT2D eigenvalue weighted by molar-refractivity contribution is 5.77. The molecule has 0 atom stereocenters. The SMILES string of the molecule is Cc1cc(NCCC(=O)NC(C)(C)C)ccc1[N+](=O)[O-]. The lowest BCUT2D eigenvalue weighted by Crippen LogP contribution is -2.41. The minimum Gasteiger partial charge on any atom is -0.385 e. The van der Waals surface area contributed by atoms with Crippen molar-refractivity contribution in [2.45, 2.75) is 39.7 Å². The molecule has 0 aliphatic carbocycles. The Morgan fingerprint density at radius 2 is 2.00 bits per heavy atom. The van der Waals surface area contributed by atoms with Crippen LogP contribution in [0.2, 0.25) is 0 Å². The number of benzene rings is 1. The first-order valence-corrected chi connectivity index (χ1v) is 6.49.